The number of hydrogen-bond donors (Lipinski definition) is 1. The van der Waals surface area contributed by atoms with Gasteiger partial charge in [0, 0.05) is 6.04 Å². The summed E-state index contributed by atoms with van der Waals surface area (Å²) in [5.41, 5.74) is 5.49. The van der Waals surface area contributed by atoms with Crippen LogP contribution in [0.15, 0.2) is 0 Å². The van der Waals surface area contributed by atoms with Crippen molar-refractivity contribution in [2.24, 2.45) is 5.73 Å². The molecule has 0 aromatic rings. The number of sulfone groups is 1. The Bertz CT molecular complexity index is 210. The summed E-state index contributed by atoms with van der Waals surface area (Å²) in [4.78, 5) is 0. The lowest BCUT2D eigenvalue weighted by Gasteiger charge is -2.05. The maximum atomic E-state index is 11.4. The SMILES string of the molecule is CCCCCS(=O)(=O)CCC(C)N. The van der Waals surface area contributed by atoms with Gasteiger partial charge in [0.05, 0.1) is 11.5 Å². The number of nitrogens with two attached hydrogens (primary N) is 1. The molecule has 0 aliphatic carbocycles. The average molecular weight is 207 g/mol. The van der Waals surface area contributed by atoms with E-state index in [1.54, 1.807) is 0 Å². The highest BCUT2D eigenvalue weighted by Gasteiger charge is 2.10. The van der Waals surface area contributed by atoms with Crippen molar-refractivity contribution in [3.63, 3.8) is 0 Å². The van der Waals surface area contributed by atoms with Gasteiger partial charge in [-0.1, -0.05) is 19.8 Å². The minimum Gasteiger partial charge on any atom is -0.328 e. The predicted octanol–water partition coefficient (Wildman–Crippen LogP) is 1.33. The van der Waals surface area contributed by atoms with Gasteiger partial charge < -0.3 is 5.73 Å². The third kappa shape index (κ3) is 8.25. The molecule has 0 aromatic carbocycles. The summed E-state index contributed by atoms with van der Waals surface area (Å²) in [6, 6.07) is -0.0130. The van der Waals surface area contributed by atoms with Gasteiger partial charge >= 0.3 is 0 Å². The standard InChI is InChI=1S/C9H21NO2S/c1-3-4-5-7-13(11,12)8-6-9(2)10/h9H,3-8,10H2,1-2H3. The quantitative estimate of drug-likeness (QED) is 0.641. The molecule has 4 heteroatoms. The lowest BCUT2D eigenvalue weighted by atomic mass is 10.3. The van der Waals surface area contributed by atoms with Crippen molar-refractivity contribution in [1.29, 1.82) is 0 Å². The van der Waals surface area contributed by atoms with Gasteiger partial charge in [-0.3, -0.25) is 0 Å². The summed E-state index contributed by atoms with van der Waals surface area (Å²) in [7, 11) is -2.83. The second-order valence-electron chi connectivity index (χ2n) is 3.62. The Morgan fingerprint density at radius 2 is 1.85 bits per heavy atom. The number of unbranched alkanes of at least 4 members (excludes halogenated alkanes) is 2. The molecule has 0 bridgehead atoms. The third-order valence-corrected chi connectivity index (χ3v) is 3.71. The molecule has 0 heterocycles. The van der Waals surface area contributed by atoms with E-state index in [-0.39, 0.29) is 11.8 Å². The molecule has 0 aliphatic heterocycles. The molecule has 1 atom stereocenters. The van der Waals surface area contributed by atoms with E-state index in [2.05, 4.69) is 6.92 Å². The first-order valence-electron chi connectivity index (χ1n) is 4.94. The fraction of sp³-hybridized carbons (Fsp3) is 1.00. The monoisotopic (exact) mass is 207 g/mol. The van der Waals surface area contributed by atoms with Gasteiger partial charge in [0.2, 0.25) is 0 Å². The minimum absolute atomic E-state index is 0.0130. The van der Waals surface area contributed by atoms with Gasteiger partial charge in [-0.2, -0.15) is 0 Å². The largest absolute Gasteiger partial charge is 0.328 e. The molecular formula is C9H21NO2S. The fourth-order valence-electron chi connectivity index (χ4n) is 1.04. The first-order valence-corrected chi connectivity index (χ1v) is 6.76. The lowest BCUT2D eigenvalue weighted by Crippen LogP contribution is -2.21. The first-order chi connectivity index (χ1) is 5.98. The van der Waals surface area contributed by atoms with Gasteiger partial charge in [0.25, 0.3) is 0 Å². The van der Waals surface area contributed by atoms with E-state index in [9.17, 15) is 8.42 Å². The molecule has 0 aliphatic rings. The first kappa shape index (κ1) is 12.9. The van der Waals surface area contributed by atoms with Gasteiger partial charge in [-0.05, 0) is 19.8 Å². The van der Waals surface area contributed by atoms with E-state index in [0.717, 1.165) is 19.3 Å². The average Bonchev–Trinajstić information content (AvgIpc) is 2.02. The van der Waals surface area contributed by atoms with Crippen LogP contribution in [0.2, 0.25) is 0 Å². The topological polar surface area (TPSA) is 60.2 Å². The summed E-state index contributed by atoms with van der Waals surface area (Å²) >= 11 is 0. The summed E-state index contributed by atoms with van der Waals surface area (Å²) in [5.74, 6) is 0.571. The molecule has 0 saturated carbocycles. The van der Waals surface area contributed by atoms with Crippen molar-refractivity contribution < 1.29 is 8.42 Å². The normalized spacial score (nSPS) is 14.4. The van der Waals surface area contributed by atoms with Crippen LogP contribution >= 0.6 is 0 Å². The van der Waals surface area contributed by atoms with E-state index >= 15 is 0 Å². The van der Waals surface area contributed by atoms with E-state index < -0.39 is 9.84 Å². The molecule has 3 nitrogen and oxygen atoms in total. The van der Waals surface area contributed by atoms with Crippen molar-refractivity contribution in [2.45, 2.75) is 45.6 Å². The van der Waals surface area contributed by atoms with Crippen LogP contribution in [0.25, 0.3) is 0 Å². The summed E-state index contributed by atoms with van der Waals surface area (Å²) in [6.07, 6.45) is 3.42. The molecule has 13 heavy (non-hydrogen) atoms. The summed E-state index contributed by atoms with van der Waals surface area (Å²) in [5, 5.41) is 0. The highest BCUT2D eigenvalue weighted by atomic mass is 32.2. The van der Waals surface area contributed by atoms with Crippen LogP contribution in [0.3, 0.4) is 0 Å². The van der Waals surface area contributed by atoms with E-state index in [1.165, 1.54) is 0 Å². The van der Waals surface area contributed by atoms with Crippen molar-refractivity contribution in [1.82, 2.24) is 0 Å². The zero-order valence-electron chi connectivity index (χ0n) is 8.62. The van der Waals surface area contributed by atoms with E-state index in [4.69, 9.17) is 5.73 Å². The van der Waals surface area contributed by atoms with Crippen LogP contribution in [0, 0.1) is 0 Å². The van der Waals surface area contributed by atoms with Crippen LogP contribution in [0.4, 0.5) is 0 Å². The Labute approximate surface area is 81.6 Å². The summed E-state index contributed by atoms with van der Waals surface area (Å²) in [6.45, 7) is 3.90. The third-order valence-electron chi connectivity index (χ3n) is 1.94. The van der Waals surface area contributed by atoms with E-state index in [1.807, 2.05) is 6.92 Å². The van der Waals surface area contributed by atoms with Gasteiger partial charge in [0.15, 0.2) is 0 Å². The van der Waals surface area contributed by atoms with Gasteiger partial charge in [0.1, 0.15) is 9.84 Å². The molecule has 0 radical (unpaired) electrons. The van der Waals surface area contributed by atoms with Crippen molar-refractivity contribution in [3.8, 4) is 0 Å². The lowest BCUT2D eigenvalue weighted by molar-refractivity contribution is 0.582. The zero-order chi connectivity index (χ0) is 10.3. The zero-order valence-corrected chi connectivity index (χ0v) is 9.44. The van der Waals surface area contributed by atoms with Crippen LogP contribution in [0.1, 0.15) is 39.5 Å². The Kier molecular flexibility index (Phi) is 6.33. The Morgan fingerprint density at radius 3 is 2.31 bits per heavy atom. The number of rotatable bonds is 7. The molecule has 0 spiro atoms. The Hall–Kier alpha value is -0.0900. The van der Waals surface area contributed by atoms with Crippen LogP contribution in [0.5, 0.6) is 0 Å². The molecule has 1 unspecified atom stereocenters. The van der Waals surface area contributed by atoms with Crippen molar-refractivity contribution in [2.75, 3.05) is 11.5 Å². The molecule has 0 fully saturated rings. The predicted molar refractivity (Wildman–Crippen MR) is 56.4 cm³/mol. The molecule has 0 saturated heterocycles. The second-order valence-corrected chi connectivity index (χ2v) is 5.93. The molecule has 0 amide bonds. The van der Waals surface area contributed by atoms with Crippen LogP contribution in [-0.2, 0) is 9.84 Å². The fourth-order valence-corrected chi connectivity index (χ4v) is 2.62. The Morgan fingerprint density at radius 1 is 1.23 bits per heavy atom. The highest BCUT2D eigenvalue weighted by Crippen LogP contribution is 2.02. The van der Waals surface area contributed by atoms with E-state index in [0.29, 0.717) is 12.2 Å². The highest BCUT2D eigenvalue weighted by molar-refractivity contribution is 7.91. The van der Waals surface area contributed by atoms with Crippen molar-refractivity contribution >= 4 is 9.84 Å². The number of hydrogen-bond acceptors (Lipinski definition) is 3. The molecular weight excluding hydrogens is 186 g/mol. The Balaban J connectivity index is 3.68. The van der Waals surface area contributed by atoms with Crippen LogP contribution in [-0.4, -0.2) is 26.0 Å². The second kappa shape index (κ2) is 6.38. The molecule has 80 valence electrons. The minimum atomic E-state index is -2.83. The molecule has 0 rings (SSSR count). The molecule has 2 N–H and O–H groups in total. The van der Waals surface area contributed by atoms with Crippen molar-refractivity contribution in [3.05, 3.63) is 0 Å². The maximum Gasteiger partial charge on any atom is 0.150 e. The smallest absolute Gasteiger partial charge is 0.150 e. The van der Waals surface area contributed by atoms with Crippen LogP contribution < -0.4 is 5.73 Å². The van der Waals surface area contributed by atoms with Gasteiger partial charge in [-0.25, -0.2) is 8.42 Å². The summed E-state index contributed by atoms with van der Waals surface area (Å²) < 4.78 is 22.7. The maximum absolute atomic E-state index is 11.4. The molecule has 0 aromatic heterocycles. The van der Waals surface area contributed by atoms with Gasteiger partial charge in [-0.15, -0.1) is 0 Å².